The normalized spacial score (nSPS) is 16.0. The lowest BCUT2D eigenvalue weighted by Crippen LogP contribution is -2.25. The molecule has 0 aliphatic heterocycles. The number of hydrogen-bond acceptors (Lipinski definition) is 5. The highest BCUT2D eigenvalue weighted by molar-refractivity contribution is 7.89. The van der Waals surface area contributed by atoms with Crippen LogP contribution >= 0.6 is 0 Å². The molecule has 0 spiro atoms. The quantitative estimate of drug-likeness (QED) is 0.796. The Hall–Kier alpha value is -1.64. The number of nitrogens with zero attached hydrogens (tertiary/aromatic N) is 1. The second kappa shape index (κ2) is 8.64. The minimum Gasteiger partial charge on any atom is -0.495 e. The first-order valence-electron chi connectivity index (χ1n) is 8.36. The number of anilines is 1. The third kappa shape index (κ3) is 5.17. The van der Waals surface area contributed by atoms with Gasteiger partial charge in [0.15, 0.2) is 0 Å². The van der Waals surface area contributed by atoms with Crippen molar-refractivity contribution in [1.82, 2.24) is 4.31 Å². The van der Waals surface area contributed by atoms with Gasteiger partial charge in [-0.3, -0.25) is 4.79 Å². The van der Waals surface area contributed by atoms with Crippen LogP contribution in [0.4, 0.5) is 5.69 Å². The second-order valence-corrected chi connectivity index (χ2v) is 8.39. The molecule has 25 heavy (non-hydrogen) atoms. The second-order valence-electron chi connectivity index (χ2n) is 6.27. The van der Waals surface area contributed by atoms with Crippen molar-refractivity contribution in [2.75, 3.05) is 33.1 Å². The maximum absolute atomic E-state index is 12.4. The zero-order valence-corrected chi connectivity index (χ0v) is 15.8. The molecule has 1 amide bonds. The molecule has 2 rings (SSSR count). The summed E-state index contributed by atoms with van der Waals surface area (Å²) in [6.07, 6.45) is 5.61. The van der Waals surface area contributed by atoms with Crippen LogP contribution in [0.25, 0.3) is 0 Å². The van der Waals surface area contributed by atoms with E-state index < -0.39 is 10.0 Å². The number of hydrogen-bond donors (Lipinski definition) is 1. The first kappa shape index (κ1) is 19.7. The molecule has 0 atom stereocenters. The molecule has 8 heteroatoms. The van der Waals surface area contributed by atoms with Gasteiger partial charge in [-0.15, -0.1) is 0 Å². The molecule has 140 valence electrons. The lowest BCUT2D eigenvalue weighted by molar-refractivity contribution is -0.123. The van der Waals surface area contributed by atoms with Gasteiger partial charge < -0.3 is 14.8 Å². The molecule has 0 radical (unpaired) electrons. The third-order valence-electron chi connectivity index (χ3n) is 4.21. The van der Waals surface area contributed by atoms with Gasteiger partial charge in [-0.05, 0) is 31.0 Å². The van der Waals surface area contributed by atoms with Crippen molar-refractivity contribution in [3.05, 3.63) is 18.2 Å². The van der Waals surface area contributed by atoms with E-state index in [0.29, 0.717) is 5.69 Å². The Balaban J connectivity index is 2.05. The van der Waals surface area contributed by atoms with Gasteiger partial charge >= 0.3 is 0 Å². The van der Waals surface area contributed by atoms with E-state index in [1.807, 2.05) is 0 Å². The first-order valence-corrected chi connectivity index (χ1v) is 9.80. The van der Waals surface area contributed by atoms with E-state index in [-0.39, 0.29) is 29.3 Å². The Morgan fingerprint density at radius 2 is 1.92 bits per heavy atom. The Morgan fingerprint density at radius 3 is 2.52 bits per heavy atom. The zero-order valence-electron chi connectivity index (χ0n) is 14.9. The molecule has 1 aromatic rings. The molecule has 0 heterocycles. The van der Waals surface area contributed by atoms with Crippen molar-refractivity contribution >= 4 is 21.6 Å². The molecule has 1 aliphatic carbocycles. The molecule has 0 saturated heterocycles. The molecule has 1 N–H and O–H groups in total. The largest absolute Gasteiger partial charge is 0.495 e. The number of amides is 1. The number of benzene rings is 1. The Labute approximate surface area is 149 Å². The zero-order chi connectivity index (χ0) is 18.4. The standard InChI is InChI=1S/C17H26N2O5S/c1-19(2)25(21,22)16-11-13(9-10-15(16)23-3)18-17(20)12-24-14-7-5-4-6-8-14/h9-11,14H,4-8,12H2,1-3H3,(H,18,20). The van der Waals surface area contributed by atoms with E-state index in [4.69, 9.17) is 9.47 Å². The topological polar surface area (TPSA) is 84.9 Å². The Morgan fingerprint density at radius 1 is 1.24 bits per heavy atom. The summed E-state index contributed by atoms with van der Waals surface area (Å²) in [6.45, 7) is -0.0353. The van der Waals surface area contributed by atoms with E-state index in [9.17, 15) is 13.2 Å². The number of ether oxygens (including phenoxy) is 2. The molecule has 1 aromatic carbocycles. The summed E-state index contributed by atoms with van der Waals surface area (Å²) >= 11 is 0. The average molecular weight is 370 g/mol. The third-order valence-corrected chi connectivity index (χ3v) is 6.04. The average Bonchev–Trinajstić information content (AvgIpc) is 2.60. The Bertz CT molecular complexity index is 697. The lowest BCUT2D eigenvalue weighted by Gasteiger charge is -2.21. The van der Waals surface area contributed by atoms with Crippen molar-refractivity contribution < 1.29 is 22.7 Å². The van der Waals surface area contributed by atoms with Crippen LogP contribution in [0.1, 0.15) is 32.1 Å². The number of methoxy groups -OCH3 is 1. The molecule has 1 fully saturated rings. The number of carbonyl (C=O) groups is 1. The Kier molecular flexibility index (Phi) is 6.80. The van der Waals surface area contributed by atoms with E-state index in [2.05, 4.69) is 5.32 Å². The summed E-state index contributed by atoms with van der Waals surface area (Å²) in [4.78, 5) is 12.1. The van der Waals surface area contributed by atoms with Gasteiger partial charge in [-0.25, -0.2) is 12.7 Å². The minimum atomic E-state index is -3.68. The summed E-state index contributed by atoms with van der Waals surface area (Å²) in [5.74, 6) is -0.0749. The molecular weight excluding hydrogens is 344 g/mol. The van der Waals surface area contributed by atoms with Crippen LogP contribution in [0.2, 0.25) is 0 Å². The van der Waals surface area contributed by atoms with Crippen LogP contribution in [0.15, 0.2) is 23.1 Å². The molecular formula is C17H26N2O5S. The number of rotatable bonds is 7. The van der Waals surface area contributed by atoms with E-state index in [1.165, 1.54) is 39.8 Å². The summed E-state index contributed by atoms with van der Waals surface area (Å²) in [7, 11) is 0.606. The monoisotopic (exact) mass is 370 g/mol. The lowest BCUT2D eigenvalue weighted by atomic mass is 9.98. The molecule has 1 aliphatic rings. The highest BCUT2D eigenvalue weighted by Crippen LogP contribution is 2.29. The van der Waals surface area contributed by atoms with Crippen molar-refractivity contribution in [2.24, 2.45) is 0 Å². The van der Waals surface area contributed by atoms with Crippen molar-refractivity contribution in [1.29, 1.82) is 0 Å². The fourth-order valence-electron chi connectivity index (χ4n) is 2.78. The van der Waals surface area contributed by atoms with Crippen molar-refractivity contribution in [3.63, 3.8) is 0 Å². The molecule has 0 unspecified atom stereocenters. The predicted molar refractivity (Wildman–Crippen MR) is 95.3 cm³/mol. The van der Waals surface area contributed by atoms with Gasteiger partial charge in [0.05, 0.1) is 13.2 Å². The van der Waals surface area contributed by atoms with Gasteiger partial charge in [0.2, 0.25) is 15.9 Å². The molecule has 7 nitrogen and oxygen atoms in total. The van der Waals surface area contributed by atoms with Crippen LogP contribution in [0, 0.1) is 0 Å². The maximum Gasteiger partial charge on any atom is 0.250 e. The van der Waals surface area contributed by atoms with Crippen LogP contribution in [0.3, 0.4) is 0 Å². The van der Waals surface area contributed by atoms with Crippen LogP contribution in [-0.2, 0) is 19.6 Å². The maximum atomic E-state index is 12.4. The number of sulfonamides is 1. The van der Waals surface area contributed by atoms with Crippen LogP contribution in [-0.4, -0.2) is 52.5 Å². The smallest absolute Gasteiger partial charge is 0.250 e. The van der Waals surface area contributed by atoms with Gasteiger partial charge in [0.1, 0.15) is 17.3 Å². The van der Waals surface area contributed by atoms with E-state index in [1.54, 1.807) is 6.07 Å². The minimum absolute atomic E-state index is 0.00555. The highest BCUT2D eigenvalue weighted by atomic mass is 32.2. The summed E-state index contributed by atoms with van der Waals surface area (Å²) in [5, 5.41) is 2.68. The van der Waals surface area contributed by atoms with Gasteiger partial charge in [-0.1, -0.05) is 19.3 Å². The van der Waals surface area contributed by atoms with E-state index >= 15 is 0 Å². The van der Waals surface area contributed by atoms with Gasteiger partial charge in [0.25, 0.3) is 0 Å². The summed E-state index contributed by atoms with van der Waals surface area (Å²) in [6, 6.07) is 4.52. The fourth-order valence-corrected chi connectivity index (χ4v) is 3.85. The highest BCUT2D eigenvalue weighted by Gasteiger charge is 2.23. The van der Waals surface area contributed by atoms with Gasteiger partial charge in [0, 0.05) is 19.8 Å². The van der Waals surface area contributed by atoms with E-state index in [0.717, 1.165) is 30.0 Å². The predicted octanol–water partition coefficient (Wildman–Crippen LogP) is 2.23. The van der Waals surface area contributed by atoms with Crippen molar-refractivity contribution in [2.45, 2.75) is 43.1 Å². The first-order chi connectivity index (χ1) is 11.8. The summed E-state index contributed by atoms with van der Waals surface area (Å²) < 4.78 is 36.6. The van der Waals surface area contributed by atoms with Crippen molar-refractivity contribution in [3.8, 4) is 5.75 Å². The van der Waals surface area contributed by atoms with Crippen LogP contribution in [0.5, 0.6) is 5.75 Å². The molecule has 0 bridgehead atoms. The molecule has 1 saturated carbocycles. The summed E-state index contributed by atoms with van der Waals surface area (Å²) in [5.41, 5.74) is 0.387. The van der Waals surface area contributed by atoms with Gasteiger partial charge in [-0.2, -0.15) is 0 Å². The molecule has 0 aromatic heterocycles. The number of nitrogens with one attached hydrogen (secondary N) is 1. The van der Waals surface area contributed by atoms with Crippen LogP contribution < -0.4 is 10.1 Å². The SMILES string of the molecule is COc1ccc(NC(=O)COC2CCCCC2)cc1S(=O)(=O)N(C)C. The fraction of sp³-hybridized carbons (Fsp3) is 0.588. The number of carbonyl (C=O) groups excluding carboxylic acids is 1.